The molecule has 1 aromatic carbocycles. The van der Waals surface area contributed by atoms with Crippen molar-refractivity contribution in [2.24, 2.45) is 7.05 Å². The summed E-state index contributed by atoms with van der Waals surface area (Å²) in [6.07, 6.45) is 1.22. The summed E-state index contributed by atoms with van der Waals surface area (Å²) < 4.78 is 14.4. The summed E-state index contributed by atoms with van der Waals surface area (Å²) >= 11 is 0. The molecule has 0 saturated carbocycles. The Bertz CT molecular complexity index is 495. The van der Waals surface area contributed by atoms with Crippen molar-refractivity contribution in [3.8, 4) is 0 Å². The van der Waals surface area contributed by atoms with E-state index >= 15 is 0 Å². The highest BCUT2D eigenvalue weighted by Gasteiger charge is 2.07. The highest BCUT2D eigenvalue weighted by molar-refractivity contribution is 5.18. The first kappa shape index (κ1) is 12.7. The molecule has 4 nitrogen and oxygen atoms in total. The maximum atomic E-state index is 12.7. The van der Waals surface area contributed by atoms with Gasteiger partial charge < -0.3 is 10.4 Å². The van der Waals surface area contributed by atoms with Gasteiger partial charge in [-0.05, 0) is 23.8 Å². The molecule has 96 valence electrons. The minimum Gasteiger partial charge on any atom is -0.387 e. The fraction of sp³-hybridized carbons (Fsp3) is 0.308. The number of nitrogens with zero attached hydrogens (tertiary/aromatic N) is 2. The number of aromatic nitrogens is 2. The molecule has 0 fully saturated rings. The summed E-state index contributed by atoms with van der Waals surface area (Å²) in [4.78, 5) is 0. The van der Waals surface area contributed by atoms with Crippen LogP contribution in [0.1, 0.15) is 17.4 Å². The molecule has 1 aromatic heterocycles. The van der Waals surface area contributed by atoms with E-state index in [1.807, 2.05) is 19.3 Å². The first-order chi connectivity index (χ1) is 8.65. The second-order valence-electron chi connectivity index (χ2n) is 4.18. The SMILES string of the molecule is Cn1ccc(CNCC(O)c2ccc(F)cc2)n1. The fourth-order valence-corrected chi connectivity index (χ4v) is 1.70. The average molecular weight is 249 g/mol. The van der Waals surface area contributed by atoms with Crippen LogP contribution >= 0.6 is 0 Å². The van der Waals surface area contributed by atoms with Crippen LogP contribution in [0.25, 0.3) is 0 Å². The van der Waals surface area contributed by atoms with E-state index in [-0.39, 0.29) is 5.82 Å². The number of benzene rings is 1. The van der Waals surface area contributed by atoms with Crippen molar-refractivity contribution in [3.63, 3.8) is 0 Å². The van der Waals surface area contributed by atoms with Gasteiger partial charge in [0.25, 0.3) is 0 Å². The van der Waals surface area contributed by atoms with Crippen LogP contribution in [0.2, 0.25) is 0 Å². The average Bonchev–Trinajstić information content (AvgIpc) is 2.76. The zero-order valence-corrected chi connectivity index (χ0v) is 10.2. The third-order valence-electron chi connectivity index (χ3n) is 2.67. The molecule has 2 N–H and O–H groups in total. The summed E-state index contributed by atoms with van der Waals surface area (Å²) in [6, 6.07) is 7.77. The third kappa shape index (κ3) is 3.38. The Labute approximate surface area is 105 Å². The van der Waals surface area contributed by atoms with E-state index < -0.39 is 6.10 Å². The molecule has 0 saturated heterocycles. The predicted octanol–water partition coefficient (Wildman–Crippen LogP) is 1.38. The van der Waals surface area contributed by atoms with Gasteiger partial charge in [0.05, 0.1) is 11.8 Å². The lowest BCUT2D eigenvalue weighted by Gasteiger charge is -2.11. The van der Waals surface area contributed by atoms with Gasteiger partial charge in [0.2, 0.25) is 0 Å². The van der Waals surface area contributed by atoms with Gasteiger partial charge in [-0.2, -0.15) is 5.10 Å². The smallest absolute Gasteiger partial charge is 0.123 e. The maximum absolute atomic E-state index is 12.7. The van der Waals surface area contributed by atoms with Gasteiger partial charge in [0, 0.05) is 26.3 Å². The normalized spacial score (nSPS) is 12.6. The van der Waals surface area contributed by atoms with Crippen molar-refractivity contribution >= 4 is 0 Å². The van der Waals surface area contributed by atoms with Crippen LogP contribution < -0.4 is 5.32 Å². The number of aliphatic hydroxyl groups is 1. The lowest BCUT2D eigenvalue weighted by Crippen LogP contribution is -2.21. The summed E-state index contributed by atoms with van der Waals surface area (Å²) in [7, 11) is 1.86. The molecule has 18 heavy (non-hydrogen) atoms. The Balaban J connectivity index is 1.81. The molecular formula is C13H16FN3O. The highest BCUT2D eigenvalue weighted by atomic mass is 19.1. The van der Waals surface area contributed by atoms with E-state index in [2.05, 4.69) is 10.4 Å². The first-order valence-electron chi connectivity index (χ1n) is 5.78. The predicted molar refractivity (Wildman–Crippen MR) is 66.3 cm³/mol. The number of aliphatic hydroxyl groups excluding tert-OH is 1. The Morgan fingerprint density at radius 1 is 1.33 bits per heavy atom. The maximum Gasteiger partial charge on any atom is 0.123 e. The number of hydrogen-bond acceptors (Lipinski definition) is 3. The molecule has 0 spiro atoms. The van der Waals surface area contributed by atoms with Crippen LogP contribution in [0.15, 0.2) is 36.5 Å². The molecule has 1 heterocycles. The molecule has 0 aliphatic rings. The second kappa shape index (κ2) is 5.75. The number of aryl methyl sites for hydroxylation is 1. The molecule has 0 aliphatic heterocycles. The zero-order valence-electron chi connectivity index (χ0n) is 10.2. The van der Waals surface area contributed by atoms with Gasteiger partial charge in [0.15, 0.2) is 0 Å². The largest absolute Gasteiger partial charge is 0.387 e. The van der Waals surface area contributed by atoms with Crippen molar-refractivity contribution in [1.29, 1.82) is 0 Å². The second-order valence-corrected chi connectivity index (χ2v) is 4.18. The third-order valence-corrected chi connectivity index (χ3v) is 2.67. The molecule has 1 unspecified atom stereocenters. The topological polar surface area (TPSA) is 50.1 Å². The van der Waals surface area contributed by atoms with Gasteiger partial charge in [-0.1, -0.05) is 12.1 Å². The Kier molecular flexibility index (Phi) is 4.07. The summed E-state index contributed by atoms with van der Waals surface area (Å²) in [5, 5.41) is 17.2. The number of rotatable bonds is 5. The molecule has 0 radical (unpaired) electrons. The van der Waals surface area contributed by atoms with Gasteiger partial charge in [-0.25, -0.2) is 4.39 Å². The quantitative estimate of drug-likeness (QED) is 0.841. The van der Waals surface area contributed by atoms with Gasteiger partial charge >= 0.3 is 0 Å². The van der Waals surface area contributed by atoms with Crippen LogP contribution in [0.4, 0.5) is 4.39 Å². The van der Waals surface area contributed by atoms with E-state index in [4.69, 9.17) is 0 Å². The standard InChI is InChI=1S/C13H16FN3O/c1-17-7-6-12(16-17)8-15-9-13(18)10-2-4-11(14)5-3-10/h2-7,13,15,18H,8-9H2,1H3. The Morgan fingerprint density at radius 3 is 2.67 bits per heavy atom. The number of hydrogen-bond donors (Lipinski definition) is 2. The van der Waals surface area contributed by atoms with Crippen LogP contribution in [0.5, 0.6) is 0 Å². The molecule has 1 atom stereocenters. The van der Waals surface area contributed by atoms with Crippen molar-refractivity contribution in [2.45, 2.75) is 12.6 Å². The van der Waals surface area contributed by atoms with E-state index in [1.165, 1.54) is 12.1 Å². The lowest BCUT2D eigenvalue weighted by atomic mass is 10.1. The monoisotopic (exact) mass is 249 g/mol. The first-order valence-corrected chi connectivity index (χ1v) is 5.78. The van der Waals surface area contributed by atoms with Crippen LogP contribution in [-0.2, 0) is 13.6 Å². The van der Waals surface area contributed by atoms with Gasteiger partial charge in [-0.3, -0.25) is 4.68 Å². The van der Waals surface area contributed by atoms with E-state index in [9.17, 15) is 9.50 Å². The van der Waals surface area contributed by atoms with Crippen molar-refractivity contribution in [1.82, 2.24) is 15.1 Å². The van der Waals surface area contributed by atoms with Crippen molar-refractivity contribution < 1.29 is 9.50 Å². The number of halogens is 1. The minimum absolute atomic E-state index is 0.299. The molecule has 5 heteroatoms. The minimum atomic E-state index is -0.644. The van der Waals surface area contributed by atoms with Crippen LogP contribution in [0, 0.1) is 5.82 Å². The lowest BCUT2D eigenvalue weighted by molar-refractivity contribution is 0.174. The van der Waals surface area contributed by atoms with Crippen molar-refractivity contribution in [2.75, 3.05) is 6.54 Å². The Morgan fingerprint density at radius 2 is 2.06 bits per heavy atom. The molecular weight excluding hydrogens is 233 g/mol. The van der Waals surface area contributed by atoms with Gasteiger partial charge in [-0.15, -0.1) is 0 Å². The van der Waals surface area contributed by atoms with Crippen LogP contribution in [-0.4, -0.2) is 21.4 Å². The van der Waals surface area contributed by atoms with Crippen LogP contribution in [0.3, 0.4) is 0 Å². The van der Waals surface area contributed by atoms with Gasteiger partial charge in [0.1, 0.15) is 5.82 Å². The molecule has 2 rings (SSSR count). The van der Waals surface area contributed by atoms with Crippen molar-refractivity contribution in [3.05, 3.63) is 53.6 Å². The molecule has 2 aromatic rings. The van der Waals surface area contributed by atoms with E-state index in [0.717, 1.165) is 5.69 Å². The summed E-state index contributed by atoms with van der Waals surface area (Å²) in [5.74, 6) is -0.299. The van der Waals surface area contributed by atoms with E-state index in [0.29, 0.717) is 18.7 Å². The summed E-state index contributed by atoms with van der Waals surface area (Å²) in [5.41, 5.74) is 1.62. The molecule has 0 amide bonds. The summed E-state index contributed by atoms with van der Waals surface area (Å²) in [6.45, 7) is 1.00. The molecule has 0 bridgehead atoms. The highest BCUT2D eigenvalue weighted by Crippen LogP contribution is 2.12. The Hall–Kier alpha value is -1.72. The zero-order chi connectivity index (χ0) is 13.0. The number of nitrogens with one attached hydrogen (secondary N) is 1. The van der Waals surface area contributed by atoms with E-state index in [1.54, 1.807) is 16.8 Å². The molecule has 0 aliphatic carbocycles. The fourth-order valence-electron chi connectivity index (χ4n) is 1.70.